The zero-order chi connectivity index (χ0) is 10.8. The molecule has 0 spiro atoms. The van der Waals surface area contributed by atoms with Crippen molar-refractivity contribution in [2.24, 2.45) is 0 Å². The van der Waals surface area contributed by atoms with E-state index >= 15 is 0 Å². The first-order valence-electron chi connectivity index (χ1n) is 4.60. The molecule has 1 aliphatic rings. The first-order chi connectivity index (χ1) is 7.22. The summed E-state index contributed by atoms with van der Waals surface area (Å²) >= 11 is 0. The summed E-state index contributed by atoms with van der Waals surface area (Å²) in [6.07, 6.45) is -1.44. The van der Waals surface area contributed by atoms with Crippen LogP contribution in [0.1, 0.15) is 18.1 Å². The quantitative estimate of drug-likeness (QED) is 0.461. The number of carbonyl (C=O) groups is 1. The highest BCUT2D eigenvalue weighted by atomic mass is 16.5. The molecule has 0 radical (unpaired) electrons. The largest absolute Gasteiger partial charge is 0.480 e. The van der Waals surface area contributed by atoms with Crippen molar-refractivity contribution in [3.8, 4) is 5.75 Å². The van der Waals surface area contributed by atoms with Crippen LogP contribution in [-0.2, 0) is 4.79 Å². The van der Waals surface area contributed by atoms with Crippen LogP contribution in [0.3, 0.4) is 0 Å². The van der Waals surface area contributed by atoms with Gasteiger partial charge in [0, 0.05) is 12.0 Å². The minimum Gasteiger partial charge on any atom is -0.480 e. The van der Waals surface area contributed by atoms with E-state index in [1.165, 1.54) is 5.48 Å². The molecule has 1 aromatic carbocycles. The second-order valence-corrected chi connectivity index (χ2v) is 3.37. The van der Waals surface area contributed by atoms with Gasteiger partial charge in [0.05, 0.1) is 6.10 Å². The molecule has 5 nitrogen and oxygen atoms in total. The second-order valence-electron chi connectivity index (χ2n) is 3.37. The van der Waals surface area contributed by atoms with Gasteiger partial charge in [-0.1, -0.05) is 18.2 Å². The van der Waals surface area contributed by atoms with Crippen LogP contribution in [0.4, 0.5) is 0 Å². The zero-order valence-electron chi connectivity index (χ0n) is 7.88. The Bertz CT molecular complexity index is 379. The Morgan fingerprint density at radius 2 is 2.20 bits per heavy atom. The van der Waals surface area contributed by atoms with Gasteiger partial charge in [-0.25, -0.2) is 5.48 Å². The van der Waals surface area contributed by atoms with E-state index in [1.807, 2.05) is 0 Å². The summed E-state index contributed by atoms with van der Waals surface area (Å²) in [5.41, 5.74) is 2.18. The van der Waals surface area contributed by atoms with Gasteiger partial charge >= 0.3 is 0 Å². The third kappa shape index (κ3) is 1.79. The van der Waals surface area contributed by atoms with Crippen LogP contribution in [0.2, 0.25) is 0 Å². The summed E-state index contributed by atoms with van der Waals surface area (Å²) in [4.78, 5) is 11.1. The minimum absolute atomic E-state index is 0.142. The summed E-state index contributed by atoms with van der Waals surface area (Å²) in [7, 11) is 0. The van der Waals surface area contributed by atoms with Crippen LogP contribution in [-0.4, -0.2) is 22.3 Å². The number of nitrogens with one attached hydrogen (secondary N) is 1. The van der Waals surface area contributed by atoms with Crippen molar-refractivity contribution in [1.82, 2.24) is 5.48 Å². The van der Waals surface area contributed by atoms with Gasteiger partial charge < -0.3 is 9.84 Å². The molecule has 0 saturated carbocycles. The highest BCUT2D eigenvalue weighted by molar-refractivity contribution is 5.80. The van der Waals surface area contributed by atoms with Crippen molar-refractivity contribution < 1.29 is 19.8 Å². The maximum absolute atomic E-state index is 11.1. The molecule has 1 aromatic rings. The number of ether oxygens (including phenoxy) is 1. The molecule has 0 aromatic heterocycles. The minimum atomic E-state index is -0.847. The summed E-state index contributed by atoms with van der Waals surface area (Å²) < 4.78 is 5.32. The van der Waals surface area contributed by atoms with Gasteiger partial charge in [-0.2, -0.15) is 0 Å². The van der Waals surface area contributed by atoms with Crippen LogP contribution in [0.15, 0.2) is 24.3 Å². The summed E-state index contributed by atoms with van der Waals surface area (Å²) in [6.45, 7) is 0. The third-order valence-electron chi connectivity index (χ3n) is 2.39. The van der Waals surface area contributed by atoms with E-state index in [-0.39, 0.29) is 6.42 Å². The average molecular weight is 209 g/mol. The number of carbonyl (C=O) groups excluding carboxylic acids is 1. The number of aliphatic hydroxyl groups is 1. The van der Waals surface area contributed by atoms with E-state index in [1.54, 1.807) is 24.3 Å². The topological polar surface area (TPSA) is 78.8 Å². The van der Waals surface area contributed by atoms with Crippen LogP contribution in [0, 0.1) is 0 Å². The molecule has 1 unspecified atom stereocenters. The normalized spacial score (nSPS) is 23.9. The first-order valence-corrected chi connectivity index (χ1v) is 4.60. The predicted octanol–water partition coefficient (Wildman–Crippen LogP) is 0.376. The van der Waals surface area contributed by atoms with Crippen molar-refractivity contribution in [2.45, 2.75) is 18.6 Å². The number of amides is 1. The van der Waals surface area contributed by atoms with Crippen molar-refractivity contribution in [2.75, 3.05) is 0 Å². The standard InChI is InChI=1S/C10H11NO4/c12-7-5-9(10(13)11-14)15-8-4-2-1-3-6(7)8/h1-4,7,9,12,14H,5H2,(H,11,13)/t7-,9?/m1/s1. The van der Waals surface area contributed by atoms with Gasteiger partial charge in [0.1, 0.15) is 5.75 Å². The molecule has 3 N–H and O–H groups in total. The van der Waals surface area contributed by atoms with E-state index in [4.69, 9.17) is 9.94 Å². The summed E-state index contributed by atoms with van der Waals surface area (Å²) in [5, 5.41) is 18.2. The molecule has 1 amide bonds. The maximum atomic E-state index is 11.1. The van der Waals surface area contributed by atoms with Crippen molar-refractivity contribution in [1.29, 1.82) is 0 Å². The van der Waals surface area contributed by atoms with Gasteiger partial charge in [-0.05, 0) is 6.07 Å². The van der Waals surface area contributed by atoms with E-state index in [2.05, 4.69) is 0 Å². The Morgan fingerprint density at radius 3 is 2.93 bits per heavy atom. The van der Waals surface area contributed by atoms with Crippen molar-refractivity contribution in [3.63, 3.8) is 0 Å². The highest BCUT2D eigenvalue weighted by Gasteiger charge is 2.31. The van der Waals surface area contributed by atoms with Gasteiger partial charge in [0.25, 0.3) is 5.91 Å². The molecular formula is C10H11NO4. The number of aliphatic hydroxyl groups excluding tert-OH is 1. The number of rotatable bonds is 1. The van der Waals surface area contributed by atoms with Crippen LogP contribution >= 0.6 is 0 Å². The summed E-state index contributed by atoms with van der Waals surface area (Å²) in [6, 6.07) is 6.96. The maximum Gasteiger partial charge on any atom is 0.284 e. The molecule has 5 heteroatoms. The number of fused-ring (bicyclic) bond motifs is 1. The molecule has 0 bridgehead atoms. The number of hydrogen-bond acceptors (Lipinski definition) is 4. The lowest BCUT2D eigenvalue weighted by molar-refractivity contribution is -0.138. The number of hydroxylamine groups is 1. The molecule has 1 heterocycles. The second kappa shape index (κ2) is 3.88. The first kappa shape index (κ1) is 9.95. The van der Waals surface area contributed by atoms with Crippen LogP contribution in [0.5, 0.6) is 5.75 Å². The van der Waals surface area contributed by atoms with Crippen LogP contribution < -0.4 is 10.2 Å². The molecular weight excluding hydrogens is 198 g/mol. The molecule has 0 aliphatic carbocycles. The molecule has 15 heavy (non-hydrogen) atoms. The fourth-order valence-electron chi connectivity index (χ4n) is 1.63. The van der Waals surface area contributed by atoms with Gasteiger partial charge in [0.2, 0.25) is 0 Å². The molecule has 0 saturated heterocycles. The lowest BCUT2D eigenvalue weighted by atomic mass is 9.99. The molecule has 2 atom stereocenters. The predicted molar refractivity (Wildman–Crippen MR) is 50.4 cm³/mol. The Labute approximate surface area is 86.3 Å². The van der Waals surface area contributed by atoms with Crippen LogP contribution in [0.25, 0.3) is 0 Å². The Kier molecular flexibility index (Phi) is 2.57. The van der Waals surface area contributed by atoms with Crippen molar-refractivity contribution >= 4 is 5.91 Å². The lowest BCUT2D eigenvalue weighted by Gasteiger charge is -2.27. The lowest BCUT2D eigenvalue weighted by Crippen LogP contribution is -2.40. The Morgan fingerprint density at radius 1 is 1.47 bits per heavy atom. The fourth-order valence-corrected chi connectivity index (χ4v) is 1.63. The molecule has 0 fully saturated rings. The number of para-hydroxylation sites is 1. The number of benzene rings is 1. The molecule has 1 aliphatic heterocycles. The Hall–Kier alpha value is -1.59. The van der Waals surface area contributed by atoms with Gasteiger partial charge in [-0.3, -0.25) is 10.0 Å². The highest BCUT2D eigenvalue weighted by Crippen LogP contribution is 2.34. The van der Waals surface area contributed by atoms with E-state index in [0.29, 0.717) is 11.3 Å². The van der Waals surface area contributed by atoms with Gasteiger partial charge in [-0.15, -0.1) is 0 Å². The SMILES string of the molecule is O=C(NO)C1C[C@@H](O)c2ccccc2O1. The molecule has 80 valence electrons. The molecule has 2 rings (SSSR count). The van der Waals surface area contributed by atoms with Crippen molar-refractivity contribution in [3.05, 3.63) is 29.8 Å². The van der Waals surface area contributed by atoms with E-state index < -0.39 is 18.1 Å². The zero-order valence-corrected chi connectivity index (χ0v) is 7.88. The third-order valence-corrected chi connectivity index (χ3v) is 2.39. The van der Waals surface area contributed by atoms with E-state index in [0.717, 1.165) is 0 Å². The number of hydrogen-bond donors (Lipinski definition) is 3. The van der Waals surface area contributed by atoms with Gasteiger partial charge in [0.15, 0.2) is 6.10 Å². The Balaban J connectivity index is 2.26. The summed E-state index contributed by atoms with van der Waals surface area (Å²) in [5.74, 6) is -0.173. The van der Waals surface area contributed by atoms with E-state index in [9.17, 15) is 9.90 Å². The monoisotopic (exact) mass is 209 g/mol. The fraction of sp³-hybridized carbons (Fsp3) is 0.300. The smallest absolute Gasteiger partial charge is 0.284 e. The average Bonchev–Trinajstić information content (AvgIpc) is 2.28.